The van der Waals surface area contributed by atoms with Crippen LogP contribution >= 0.6 is 11.3 Å². The number of phenolic OH excluding ortho intramolecular Hbond substituents is 3. The number of carbonyl (C=O) groups excluding carboxylic acids is 2. The quantitative estimate of drug-likeness (QED) is 0.256. The van der Waals surface area contributed by atoms with Crippen LogP contribution < -0.4 is 5.73 Å². The lowest BCUT2D eigenvalue weighted by atomic mass is 9.97. The van der Waals surface area contributed by atoms with Crippen molar-refractivity contribution in [1.82, 2.24) is 4.90 Å². The molecule has 3 aromatic carbocycles. The van der Waals surface area contributed by atoms with Gasteiger partial charge < -0.3 is 25.8 Å². The second kappa shape index (κ2) is 10.7. The average Bonchev–Trinajstić information content (AvgIpc) is 3.38. The number of ether oxygens (including phenoxy) is 1. The number of rotatable bonds is 8. The summed E-state index contributed by atoms with van der Waals surface area (Å²) in [6.45, 7) is -0.0647. The summed E-state index contributed by atoms with van der Waals surface area (Å²) in [7, 11) is 1.49. The van der Waals surface area contributed by atoms with E-state index in [0.717, 1.165) is 10.9 Å². The SMILES string of the molecule is CN(C(=O)OC(CN)c1ccc(O)c(O)c1)C(C(=O)Cc1ccc2c(O)cccc2c1)c1ccsc1. The number of carbonyl (C=O) groups is 2. The number of thiophene rings is 1. The Labute approximate surface area is 211 Å². The fourth-order valence-corrected chi connectivity index (χ4v) is 4.76. The summed E-state index contributed by atoms with van der Waals surface area (Å²) in [6.07, 6.45) is -1.58. The van der Waals surface area contributed by atoms with Crippen LogP contribution in [0, 0.1) is 0 Å². The fourth-order valence-electron chi connectivity index (χ4n) is 4.08. The molecule has 0 saturated heterocycles. The van der Waals surface area contributed by atoms with Crippen LogP contribution in [0.3, 0.4) is 0 Å². The summed E-state index contributed by atoms with van der Waals surface area (Å²) < 4.78 is 5.59. The third-order valence-electron chi connectivity index (χ3n) is 5.97. The summed E-state index contributed by atoms with van der Waals surface area (Å²) in [5, 5.41) is 34.5. The number of aromatic hydroxyl groups is 3. The highest BCUT2D eigenvalue weighted by Crippen LogP contribution is 2.31. The lowest BCUT2D eigenvalue weighted by molar-refractivity contribution is -0.123. The van der Waals surface area contributed by atoms with Gasteiger partial charge in [0.1, 0.15) is 17.9 Å². The molecule has 4 aromatic rings. The Morgan fingerprint density at radius 3 is 2.47 bits per heavy atom. The van der Waals surface area contributed by atoms with Crippen molar-refractivity contribution in [3.63, 3.8) is 0 Å². The molecule has 8 nitrogen and oxygen atoms in total. The van der Waals surface area contributed by atoms with Gasteiger partial charge in [-0.05, 0) is 57.1 Å². The van der Waals surface area contributed by atoms with Gasteiger partial charge in [-0.25, -0.2) is 4.79 Å². The smallest absolute Gasteiger partial charge is 0.411 e. The van der Waals surface area contributed by atoms with Crippen molar-refractivity contribution in [2.75, 3.05) is 13.6 Å². The van der Waals surface area contributed by atoms with Crippen LogP contribution in [-0.4, -0.2) is 45.7 Å². The normalized spacial score (nSPS) is 12.7. The number of ketones is 1. The van der Waals surface area contributed by atoms with E-state index in [4.69, 9.17) is 10.5 Å². The number of phenols is 3. The molecule has 0 bridgehead atoms. The molecule has 0 radical (unpaired) electrons. The zero-order valence-electron chi connectivity index (χ0n) is 19.5. The predicted molar refractivity (Wildman–Crippen MR) is 137 cm³/mol. The first kappa shape index (κ1) is 25.0. The van der Waals surface area contributed by atoms with Crippen molar-refractivity contribution in [2.45, 2.75) is 18.6 Å². The Balaban J connectivity index is 1.55. The number of hydrogen-bond acceptors (Lipinski definition) is 8. The van der Waals surface area contributed by atoms with Crippen molar-refractivity contribution in [3.8, 4) is 17.2 Å². The van der Waals surface area contributed by atoms with Crippen LogP contribution in [0.2, 0.25) is 0 Å². The molecule has 0 fully saturated rings. The van der Waals surface area contributed by atoms with Crippen molar-refractivity contribution in [3.05, 3.63) is 88.1 Å². The van der Waals surface area contributed by atoms with Crippen molar-refractivity contribution >= 4 is 34.0 Å². The lowest BCUT2D eigenvalue weighted by Crippen LogP contribution is -2.38. The molecule has 5 N–H and O–H groups in total. The van der Waals surface area contributed by atoms with Gasteiger partial charge in [0.25, 0.3) is 0 Å². The van der Waals surface area contributed by atoms with E-state index < -0.39 is 18.2 Å². The van der Waals surface area contributed by atoms with E-state index in [2.05, 4.69) is 0 Å². The van der Waals surface area contributed by atoms with E-state index in [1.54, 1.807) is 30.3 Å². The molecule has 2 atom stereocenters. The lowest BCUT2D eigenvalue weighted by Gasteiger charge is -2.28. The molecule has 0 saturated carbocycles. The number of nitrogens with two attached hydrogens (primary N) is 1. The minimum Gasteiger partial charge on any atom is -0.507 e. The number of Topliss-reactive ketones (excluding diaryl/α,β-unsaturated/α-hetero) is 1. The molecule has 1 heterocycles. The molecule has 4 rings (SSSR count). The van der Waals surface area contributed by atoms with Crippen LogP contribution in [0.4, 0.5) is 4.79 Å². The van der Waals surface area contributed by atoms with E-state index in [1.807, 2.05) is 22.9 Å². The monoisotopic (exact) mass is 506 g/mol. The van der Waals surface area contributed by atoms with Gasteiger partial charge in [-0.3, -0.25) is 9.69 Å². The molecule has 0 aliphatic carbocycles. The second-order valence-corrected chi connectivity index (χ2v) is 9.18. The average molecular weight is 507 g/mol. The highest BCUT2D eigenvalue weighted by Gasteiger charge is 2.31. The number of nitrogens with zero attached hydrogens (tertiary/aromatic N) is 1. The number of amides is 1. The van der Waals surface area contributed by atoms with Gasteiger partial charge in [0.15, 0.2) is 17.3 Å². The minimum absolute atomic E-state index is 0.0647. The molecule has 2 unspecified atom stereocenters. The first-order chi connectivity index (χ1) is 17.3. The zero-order valence-corrected chi connectivity index (χ0v) is 20.3. The van der Waals surface area contributed by atoms with Crippen LogP contribution in [0.25, 0.3) is 10.8 Å². The predicted octanol–water partition coefficient (Wildman–Crippen LogP) is 4.64. The van der Waals surface area contributed by atoms with Gasteiger partial charge in [-0.2, -0.15) is 11.3 Å². The van der Waals surface area contributed by atoms with Crippen LogP contribution in [0.1, 0.15) is 28.8 Å². The van der Waals surface area contributed by atoms with Crippen LogP contribution in [-0.2, 0) is 16.0 Å². The van der Waals surface area contributed by atoms with Crippen LogP contribution in [0.5, 0.6) is 17.2 Å². The summed E-state index contributed by atoms with van der Waals surface area (Å²) in [5.74, 6) is -0.699. The third kappa shape index (κ3) is 5.27. The van der Waals surface area contributed by atoms with Gasteiger partial charge in [0, 0.05) is 25.4 Å². The summed E-state index contributed by atoms with van der Waals surface area (Å²) in [5.41, 5.74) is 7.63. The molecular formula is C27H26N2O6S. The molecule has 0 aliphatic rings. The zero-order chi connectivity index (χ0) is 25.8. The van der Waals surface area contributed by atoms with Gasteiger partial charge >= 0.3 is 6.09 Å². The van der Waals surface area contributed by atoms with Gasteiger partial charge in [0.2, 0.25) is 0 Å². The van der Waals surface area contributed by atoms with Gasteiger partial charge in [-0.15, -0.1) is 0 Å². The Bertz CT molecular complexity index is 1390. The van der Waals surface area contributed by atoms with Crippen molar-refractivity contribution in [2.24, 2.45) is 5.73 Å². The Hall–Kier alpha value is -4.08. The van der Waals surface area contributed by atoms with Crippen molar-refractivity contribution in [1.29, 1.82) is 0 Å². The summed E-state index contributed by atoms with van der Waals surface area (Å²) in [4.78, 5) is 27.8. The van der Waals surface area contributed by atoms with Gasteiger partial charge in [-0.1, -0.05) is 36.4 Å². The standard InChI is InChI=1S/C27H26N2O6S/c1-29(27(34)35-25(14-28)18-6-8-22(31)23(32)13-18)26(19-9-10-36-15-19)24(33)12-16-5-7-20-17(11-16)3-2-4-21(20)30/h2-11,13,15,25-26,30-32H,12,14,28H2,1H3. The van der Waals surface area contributed by atoms with Crippen molar-refractivity contribution < 1.29 is 29.6 Å². The number of hydrogen-bond donors (Lipinski definition) is 4. The molecule has 1 amide bonds. The molecule has 0 spiro atoms. The third-order valence-corrected chi connectivity index (χ3v) is 6.67. The molecule has 0 aliphatic heterocycles. The topological polar surface area (TPSA) is 133 Å². The van der Waals surface area contributed by atoms with E-state index in [0.29, 0.717) is 16.5 Å². The number of fused-ring (bicyclic) bond motifs is 1. The fraction of sp³-hybridized carbons (Fsp3) is 0.185. The Morgan fingerprint density at radius 1 is 0.972 bits per heavy atom. The summed E-state index contributed by atoms with van der Waals surface area (Å²) in [6, 6.07) is 15.5. The maximum absolute atomic E-state index is 13.5. The highest BCUT2D eigenvalue weighted by molar-refractivity contribution is 7.08. The number of benzene rings is 3. The highest BCUT2D eigenvalue weighted by atomic mass is 32.1. The molecule has 1 aromatic heterocycles. The van der Waals surface area contributed by atoms with E-state index in [1.165, 1.54) is 41.5 Å². The Kier molecular flexibility index (Phi) is 7.42. The van der Waals surface area contributed by atoms with Gasteiger partial charge in [0.05, 0.1) is 0 Å². The van der Waals surface area contributed by atoms with E-state index in [-0.39, 0.29) is 36.0 Å². The van der Waals surface area contributed by atoms with E-state index in [9.17, 15) is 24.9 Å². The molecule has 36 heavy (non-hydrogen) atoms. The summed E-state index contributed by atoms with van der Waals surface area (Å²) >= 11 is 1.41. The minimum atomic E-state index is -0.893. The second-order valence-electron chi connectivity index (χ2n) is 8.40. The maximum atomic E-state index is 13.5. The van der Waals surface area contributed by atoms with Crippen LogP contribution in [0.15, 0.2) is 71.4 Å². The maximum Gasteiger partial charge on any atom is 0.411 e. The number of likely N-dealkylation sites (N-methyl/N-ethyl adjacent to an activating group) is 1. The largest absolute Gasteiger partial charge is 0.507 e. The first-order valence-corrected chi connectivity index (χ1v) is 12.1. The van der Waals surface area contributed by atoms with E-state index >= 15 is 0 Å². The molecular weight excluding hydrogens is 480 g/mol. The Morgan fingerprint density at radius 2 is 1.78 bits per heavy atom. The first-order valence-electron chi connectivity index (χ1n) is 11.2. The molecule has 9 heteroatoms. The molecule has 186 valence electrons.